The molecule has 2 aliphatic carbocycles. The van der Waals surface area contributed by atoms with Crippen LogP contribution in [0.15, 0.2) is 36.0 Å². The predicted octanol–water partition coefficient (Wildman–Crippen LogP) is 2.84. The van der Waals surface area contributed by atoms with Gasteiger partial charge in [0.25, 0.3) is 0 Å². The van der Waals surface area contributed by atoms with Crippen molar-refractivity contribution >= 4 is 23.2 Å². The molecule has 1 aromatic carbocycles. The van der Waals surface area contributed by atoms with Gasteiger partial charge in [0.1, 0.15) is 0 Å². The number of likely N-dealkylation sites (N-methyl/N-ethyl adjacent to an activating group) is 1. The fraction of sp³-hybridized carbons (Fsp3) is 0.583. The summed E-state index contributed by atoms with van der Waals surface area (Å²) in [5, 5.41) is 2.94. The van der Waals surface area contributed by atoms with Crippen molar-refractivity contribution in [2.45, 2.75) is 44.6 Å². The van der Waals surface area contributed by atoms with E-state index in [1.165, 1.54) is 12.1 Å². The van der Waals surface area contributed by atoms with Gasteiger partial charge in [0, 0.05) is 36.2 Å². The number of hydrogen-bond donors (Lipinski definition) is 1. The van der Waals surface area contributed by atoms with E-state index in [2.05, 4.69) is 16.3 Å². The number of morpholine rings is 1. The molecule has 31 heavy (non-hydrogen) atoms. The monoisotopic (exact) mass is 426 g/mol. The summed E-state index contributed by atoms with van der Waals surface area (Å²) < 4.78 is 5.39. The summed E-state index contributed by atoms with van der Waals surface area (Å²) in [6.45, 7) is 3.72. The number of hydrogen-bond acceptors (Lipinski definition) is 5. The quantitative estimate of drug-likeness (QED) is 0.693. The molecule has 1 saturated carbocycles. The summed E-state index contributed by atoms with van der Waals surface area (Å²) >= 11 is 0. The van der Waals surface area contributed by atoms with Gasteiger partial charge in [-0.3, -0.25) is 14.5 Å². The maximum atomic E-state index is 13.0. The van der Waals surface area contributed by atoms with Crippen LogP contribution >= 0.6 is 0 Å². The Morgan fingerprint density at radius 3 is 2.48 bits per heavy atom. The van der Waals surface area contributed by atoms with E-state index < -0.39 is 0 Å². The van der Waals surface area contributed by atoms with Crippen LogP contribution in [0.5, 0.6) is 0 Å². The fourth-order valence-corrected chi connectivity index (χ4v) is 4.36. The maximum Gasteiger partial charge on any atom is 0.241 e. The van der Waals surface area contributed by atoms with Crippen molar-refractivity contribution in [2.75, 3.05) is 56.7 Å². The molecule has 1 heterocycles. The first kappa shape index (κ1) is 21.8. The minimum atomic E-state index is -0.107. The molecule has 168 valence electrons. The first-order chi connectivity index (χ1) is 15.1. The van der Waals surface area contributed by atoms with Crippen molar-refractivity contribution in [3.8, 4) is 0 Å². The molecule has 2 fully saturated rings. The lowest BCUT2D eigenvalue weighted by molar-refractivity contribution is -0.131. The number of benzene rings is 1. The molecule has 7 nitrogen and oxygen atoms in total. The molecule has 0 bridgehead atoms. The van der Waals surface area contributed by atoms with Gasteiger partial charge in [-0.25, -0.2) is 0 Å². The van der Waals surface area contributed by atoms with Crippen LogP contribution in [0.3, 0.4) is 0 Å². The van der Waals surface area contributed by atoms with E-state index in [4.69, 9.17) is 4.74 Å². The largest absolute Gasteiger partial charge is 0.378 e. The van der Waals surface area contributed by atoms with Crippen molar-refractivity contribution in [1.82, 2.24) is 9.80 Å². The summed E-state index contributed by atoms with van der Waals surface area (Å²) in [6, 6.07) is 8.28. The minimum Gasteiger partial charge on any atom is -0.378 e. The topological polar surface area (TPSA) is 65.1 Å². The van der Waals surface area contributed by atoms with Crippen LogP contribution in [0, 0.1) is 0 Å². The highest BCUT2D eigenvalue weighted by Gasteiger charge is 2.35. The third kappa shape index (κ3) is 6.08. The van der Waals surface area contributed by atoms with Gasteiger partial charge in [-0.15, -0.1) is 0 Å². The summed E-state index contributed by atoms with van der Waals surface area (Å²) in [5.74, 6) is 0.00471. The minimum absolute atomic E-state index is 0.107. The Labute approximate surface area is 185 Å². The number of nitrogens with one attached hydrogen (secondary N) is 1. The molecule has 4 rings (SSSR count). The van der Waals surface area contributed by atoms with Gasteiger partial charge >= 0.3 is 0 Å². The van der Waals surface area contributed by atoms with Crippen LogP contribution in [0.1, 0.15) is 38.5 Å². The van der Waals surface area contributed by atoms with Gasteiger partial charge in [0.15, 0.2) is 0 Å². The van der Waals surface area contributed by atoms with Crippen LogP contribution in [-0.2, 0) is 14.3 Å². The molecule has 1 N–H and O–H groups in total. The molecule has 1 saturated heterocycles. The van der Waals surface area contributed by atoms with Gasteiger partial charge in [-0.05, 0) is 69.8 Å². The Kier molecular flexibility index (Phi) is 7.25. The highest BCUT2D eigenvalue weighted by molar-refractivity contribution is 5.92. The maximum absolute atomic E-state index is 13.0. The predicted molar refractivity (Wildman–Crippen MR) is 122 cm³/mol. The van der Waals surface area contributed by atoms with Gasteiger partial charge in [-0.2, -0.15) is 0 Å². The third-order valence-corrected chi connectivity index (χ3v) is 6.10. The average molecular weight is 427 g/mol. The second-order valence-corrected chi connectivity index (χ2v) is 8.80. The molecular formula is C24H34N4O3. The molecular weight excluding hydrogens is 392 g/mol. The Morgan fingerprint density at radius 2 is 1.84 bits per heavy atom. The fourth-order valence-electron chi connectivity index (χ4n) is 4.36. The van der Waals surface area contributed by atoms with Crippen molar-refractivity contribution in [3.05, 3.63) is 36.0 Å². The molecule has 0 spiro atoms. The van der Waals surface area contributed by atoms with Crippen LogP contribution in [-0.4, -0.2) is 74.1 Å². The molecule has 0 atom stereocenters. The van der Waals surface area contributed by atoms with Crippen LogP contribution < -0.4 is 10.2 Å². The molecule has 0 radical (unpaired) electrons. The molecule has 0 aromatic heterocycles. The smallest absolute Gasteiger partial charge is 0.241 e. The Morgan fingerprint density at radius 1 is 1.10 bits per heavy atom. The number of anilines is 2. The van der Waals surface area contributed by atoms with Crippen LogP contribution in [0.2, 0.25) is 0 Å². The van der Waals surface area contributed by atoms with E-state index in [1.807, 2.05) is 36.2 Å². The SMILES string of the molecule is CN(CC(=O)Nc1ccc(N2CCOCC2)cc1)CC(=O)N(C1=CCCCC1)C1CC1. The van der Waals surface area contributed by atoms with E-state index in [9.17, 15) is 9.59 Å². The van der Waals surface area contributed by atoms with Crippen LogP contribution in [0.4, 0.5) is 11.4 Å². The molecule has 3 aliphatic rings. The zero-order chi connectivity index (χ0) is 21.6. The lowest BCUT2D eigenvalue weighted by Gasteiger charge is -2.29. The molecule has 1 aliphatic heterocycles. The summed E-state index contributed by atoms with van der Waals surface area (Å²) in [4.78, 5) is 31.5. The average Bonchev–Trinajstić information content (AvgIpc) is 3.60. The van der Waals surface area contributed by atoms with E-state index in [1.54, 1.807) is 4.90 Å². The van der Waals surface area contributed by atoms with Gasteiger partial charge < -0.3 is 19.9 Å². The van der Waals surface area contributed by atoms with E-state index in [0.29, 0.717) is 6.04 Å². The van der Waals surface area contributed by atoms with Gasteiger partial charge in [0.2, 0.25) is 11.8 Å². The molecule has 7 heteroatoms. The number of nitrogens with zero attached hydrogens (tertiary/aromatic N) is 3. The summed E-state index contributed by atoms with van der Waals surface area (Å²) in [5.41, 5.74) is 3.10. The number of rotatable bonds is 8. The lowest BCUT2D eigenvalue weighted by Crippen LogP contribution is -2.42. The van der Waals surface area contributed by atoms with Crippen molar-refractivity contribution in [2.24, 2.45) is 0 Å². The second-order valence-electron chi connectivity index (χ2n) is 8.80. The Bertz CT molecular complexity index is 798. The van der Waals surface area contributed by atoms with Gasteiger partial charge in [-0.1, -0.05) is 6.08 Å². The lowest BCUT2D eigenvalue weighted by atomic mass is 10.0. The zero-order valence-electron chi connectivity index (χ0n) is 18.5. The number of amides is 2. The van der Waals surface area contributed by atoms with Gasteiger partial charge in [0.05, 0.1) is 26.3 Å². The number of allylic oxidation sites excluding steroid dienone is 2. The van der Waals surface area contributed by atoms with Crippen LogP contribution in [0.25, 0.3) is 0 Å². The van der Waals surface area contributed by atoms with Crippen molar-refractivity contribution in [1.29, 1.82) is 0 Å². The molecule has 1 aromatic rings. The summed E-state index contributed by atoms with van der Waals surface area (Å²) in [6.07, 6.45) is 8.84. The highest BCUT2D eigenvalue weighted by Crippen LogP contribution is 2.33. The molecule has 0 unspecified atom stereocenters. The Balaban J connectivity index is 1.26. The zero-order valence-corrected chi connectivity index (χ0v) is 18.5. The highest BCUT2D eigenvalue weighted by atomic mass is 16.5. The van der Waals surface area contributed by atoms with Crippen molar-refractivity contribution in [3.63, 3.8) is 0 Å². The second kappa shape index (κ2) is 10.3. The normalized spacial score (nSPS) is 19.2. The number of carbonyl (C=O) groups is 2. The first-order valence-electron chi connectivity index (χ1n) is 11.5. The molecule has 2 amide bonds. The van der Waals surface area contributed by atoms with E-state index in [-0.39, 0.29) is 24.9 Å². The first-order valence-corrected chi connectivity index (χ1v) is 11.5. The Hall–Kier alpha value is -2.38. The van der Waals surface area contributed by atoms with Crippen molar-refractivity contribution < 1.29 is 14.3 Å². The third-order valence-electron chi connectivity index (χ3n) is 6.10. The number of ether oxygens (including phenoxy) is 1. The number of carbonyl (C=O) groups excluding carboxylic acids is 2. The van der Waals surface area contributed by atoms with E-state index in [0.717, 1.165) is 69.8 Å². The summed E-state index contributed by atoms with van der Waals surface area (Å²) in [7, 11) is 1.83. The standard InChI is InChI=1S/C24H34N4O3/c1-26(18-24(30)28(22-11-12-22)21-5-3-2-4-6-21)17-23(29)25-19-7-9-20(10-8-19)27-13-15-31-16-14-27/h5,7-10,22H,2-4,6,11-18H2,1H3,(H,25,29). The van der Waals surface area contributed by atoms with E-state index >= 15 is 0 Å².